The molecule has 21 heavy (non-hydrogen) atoms. The molecule has 1 aromatic rings. The summed E-state index contributed by atoms with van der Waals surface area (Å²) in [6.45, 7) is 1.84. The second kappa shape index (κ2) is 7.96. The maximum absolute atomic E-state index is 11.7. The molecule has 1 atom stereocenters. The summed E-state index contributed by atoms with van der Waals surface area (Å²) in [7, 11) is 0. The van der Waals surface area contributed by atoms with Gasteiger partial charge in [-0.2, -0.15) is 0 Å². The van der Waals surface area contributed by atoms with Crippen LogP contribution in [0, 0.1) is 6.92 Å². The van der Waals surface area contributed by atoms with E-state index in [0.29, 0.717) is 30.1 Å². The van der Waals surface area contributed by atoms with E-state index >= 15 is 0 Å². The second-order valence-corrected chi connectivity index (χ2v) is 6.56. The minimum atomic E-state index is -2.33. The average Bonchev–Trinajstić information content (AvgIpc) is 2.72. The van der Waals surface area contributed by atoms with Crippen LogP contribution in [0.2, 0.25) is 0 Å². The zero-order valence-corrected chi connectivity index (χ0v) is 13.3. The van der Waals surface area contributed by atoms with Gasteiger partial charge in [0, 0.05) is 12.5 Å². The van der Waals surface area contributed by atoms with Gasteiger partial charge in [-0.15, -0.1) is 0 Å². The molecule has 118 valence electrons. The van der Waals surface area contributed by atoms with Gasteiger partial charge >= 0.3 is 0 Å². The van der Waals surface area contributed by atoms with Crippen molar-refractivity contribution in [2.75, 3.05) is 6.61 Å². The topological polar surface area (TPSA) is 86.1 Å². The Balaban J connectivity index is 2.41. The molecule has 1 aliphatic rings. The lowest BCUT2D eigenvalue weighted by Gasteiger charge is -2.21. The van der Waals surface area contributed by atoms with E-state index < -0.39 is 11.1 Å². The monoisotopic (exact) mass is 311 g/mol. The van der Waals surface area contributed by atoms with Crippen LogP contribution < -0.4 is 0 Å². The molecule has 1 fully saturated rings. The highest BCUT2D eigenvalue weighted by Gasteiger charge is 2.22. The van der Waals surface area contributed by atoms with Crippen molar-refractivity contribution in [3.8, 4) is 0 Å². The molecule has 0 aromatic carbocycles. The fraction of sp³-hybridized carbons (Fsp3) is 0.733. The number of rotatable bonds is 5. The van der Waals surface area contributed by atoms with Gasteiger partial charge < -0.3 is 9.66 Å². The van der Waals surface area contributed by atoms with Crippen LogP contribution in [-0.2, 0) is 17.5 Å². The third kappa shape index (κ3) is 4.31. The first-order valence-electron chi connectivity index (χ1n) is 7.71. The number of hydrogen-bond acceptors (Lipinski definition) is 5. The van der Waals surface area contributed by atoms with Crippen LogP contribution in [0.3, 0.4) is 0 Å². The summed E-state index contributed by atoms with van der Waals surface area (Å²) in [4.78, 5) is 9.04. The molecule has 1 heterocycles. The van der Waals surface area contributed by atoms with Crippen LogP contribution in [0.5, 0.6) is 0 Å². The molecule has 6 heteroatoms. The Hall–Kier alpha value is -0.850. The van der Waals surface area contributed by atoms with Crippen molar-refractivity contribution in [1.82, 2.24) is 9.97 Å². The SMILES string of the molecule is Cc1nc(CCCO)c(S(=O)[O-])c(C2CCCCCC2)n1. The molecule has 5 nitrogen and oxygen atoms in total. The fourth-order valence-electron chi connectivity index (χ4n) is 3.07. The molecular weight excluding hydrogens is 288 g/mol. The van der Waals surface area contributed by atoms with Crippen molar-refractivity contribution in [2.24, 2.45) is 0 Å². The first-order chi connectivity index (χ1) is 10.1. The van der Waals surface area contributed by atoms with Gasteiger partial charge in [-0.1, -0.05) is 25.7 Å². The zero-order chi connectivity index (χ0) is 15.2. The Morgan fingerprint density at radius 2 is 1.90 bits per heavy atom. The van der Waals surface area contributed by atoms with Crippen molar-refractivity contribution < 1.29 is 13.9 Å². The van der Waals surface area contributed by atoms with Gasteiger partial charge in [-0.05, 0) is 43.7 Å². The number of hydrogen-bond donors (Lipinski definition) is 1. The molecule has 1 saturated carbocycles. The Kier molecular flexibility index (Phi) is 6.26. The number of aromatic nitrogens is 2. The van der Waals surface area contributed by atoms with Crippen LogP contribution in [0.25, 0.3) is 0 Å². The Bertz CT molecular complexity index is 500. The van der Waals surface area contributed by atoms with Crippen LogP contribution in [-0.4, -0.2) is 30.4 Å². The van der Waals surface area contributed by atoms with Crippen LogP contribution >= 0.6 is 0 Å². The standard InChI is InChI=1S/C15H24N2O3S/c1-11-16-13(9-6-10-18)15(21(19)20)14(17-11)12-7-4-2-3-5-8-12/h12,18H,2-10H2,1H3,(H,19,20)/p-1. The van der Waals surface area contributed by atoms with Gasteiger partial charge in [-0.3, -0.25) is 4.21 Å². The van der Waals surface area contributed by atoms with Gasteiger partial charge in [0.05, 0.1) is 16.3 Å². The number of aliphatic hydroxyl groups excluding tert-OH is 1. The molecule has 0 radical (unpaired) electrons. The van der Waals surface area contributed by atoms with Crippen LogP contribution in [0.1, 0.15) is 68.1 Å². The first kappa shape index (κ1) is 16.5. The average molecular weight is 311 g/mol. The molecule has 2 rings (SSSR count). The third-order valence-corrected chi connectivity index (χ3v) is 4.83. The predicted molar refractivity (Wildman–Crippen MR) is 79.8 cm³/mol. The van der Waals surface area contributed by atoms with Gasteiger partial charge in [0.15, 0.2) is 0 Å². The highest BCUT2D eigenvalue weighted by Crippen LogP contribution is 2.34. The van der Waals surface area contributed by atoms with Crippen molar-refractivity contribution >= 4 is 11.1 Å². The first-order valence-corrected chi connectivity index (χ1v) is 8.78. The summed E-state index contributed by atoms with van der Waals surface area (Å²) in [5.41, 5.74) is 1.26. The Labute approximate surface area is 128 Å². The summed E-state index contributed by atoms with van der Waals surface area (Å²) in [5.74, 6) is 0.839. The van der Waals surface area contributed by atoms with E-state index in [1.807, 2.05) is 0 Å². The van der Waals surface area contributed by atoms with Gasteiger partial charge in [0.1, 0.15) is 5.82 Å². The molecule has 0 aliphatic heterocycles. The van der Waals surface area contributed by atoms with E-state index in [4.69, 9.17) is 5.11 Å². The van der Waals surface area contributed by atoms with E-state index in [0.717, 1.165) is 25.7 Å². The van der Waals surface area contributed by atoms with E-state index in [1.165, 1.54) is 12.8 Å². The number of nitrogens with zero attached hydrogens (tertiary/aromatic N) is 2. The molecular formula is C15H23N2O3S-. The molecule has 1 aliphatic carbocycles. The van der Waals surface area contributed by atoms with Gasteiger partial charge in [0.25, 0.3) is 0 Å². The lowest BCUT2D eigenvalue weighted by molar-refractivity contribution is 0.287. The zero-order valence-electron chi connectivity index (χ0n) is 12.5. The summed E-state index contributed by atoms with van der Waals surface area (Å²) in [5, 5.41) is 8.98. The molecule has 1 unspecified atom stereocenters. The summed E-state index contributed by atoms with van der Waals surface area (Å²) < 4.78 is 23.4. The minimum Gasteiger partial charge on any atom is -0.768 e. The van der Waals surface area contributed by atoms with E-state index in [-0.39, 0.29) is 17.4 Å². The molecule has 0 amide bonds. The molecule has 0 spiro atoms. The third-order valence-electron chi connectivity index (χ3n) is 4.05. The number of aliphatic hydroxyl groups is 1. The highest BCUT2D eigenvalue weighted by atomic mass is 32.2. The van der Waals surface area contributed by atoms with E-state index in [9.17, 15) is 8.76 Å². The van der Waals surface area contributed by atoms with Crippen molar-refractivity contribution in [3.63, 3.8) is 0 Å². The van der Waals surface area contributed by atoms with Crippen molar-refractivity contribution in [2.45, 2.75) is 69.1 Å². The lowest BCUT2D eigenvalue weighted by atomic mass is 9.95. The number of aryl methyl sites for hydroxylation is 2. The normalized spacial score (nSPS) is 18.4. The molecule has 0 bridgehead atoms. The summed E-state index contributed by atoms with van der Waals surface area (Å²) >= 11 is -2.33. The summed E-state index contributed by atoms with van der Waals surface area (Å²) in [6, 6.07) is 0. The Morgan fingerprint density at radius 3 is 2.48 bits per heavy atom. The van der Waals surface area contributed by atoms with E-state index in [1.54, 1.807) is 6.92 Å². The molecule has 1 N–H and O–H groups in total. The largest absolute Gasteiger partial charge is 0.768 e. The van der Waals surface area contributed by atoms with Crippen LogP contribution in [0.15, 0.2) is 4.90 Å². The second-order valence-electron chi connectivity index (χ2n) is 5.68. The molecule has 0 saturated heterocycles. The summed E-state index contributed by atoms with van der Waals surface area (Å²) in [6.07, 6.45) is 7.69. The maximum atomic E-state index is 11.7. The van der Waals surface area contributed by atoms with Gasteiger partial charge in [-0.25, -0.2) is 9.97 Å². The van der Waals surface area contributed by atoms with Gasteiger partial charge in [0.2, 0.25) is 0 Å². The fourth-order valence-corrected chi connectivity index (χ4v) is 3.79. The lowest BCUT2D eigenvalue weighted by Crippen LogP contribution is -2.13. The maximum Gasteiger partial charge on any atom is 0.125 e. The van der Waals surface area contributed by atoms with Crippen molar-refractivity contribution in [1.29, 1.82) is 0 Å². The molecule has 1 aromatic heterocycles. The van der Waals surface area contributed by atoms with E-state index in [2.05, 4.69) is 9.97 Å². The minimum absolute atomic E-state index is 0.0345. The predicted octanol–water partition coefficient (Wildman–Crippen LogP) is 2.39. The highest BCUT2D eigenvalue weighted by molar-refractivity contribution is 7.79. The quantitative estimate of drug-likeness (QED) is 0.666. The van der Waals surface area contributed by atoms with Crippen LogP contribution in [0.4, 0.5) is 0 Å². The smallest absolute Gasteiger partial charge is 0.125 e. The Morgan fingerprint density at radius 1 is 1.24 bits per heavy atom. The van der Waals surface area contributed by atoms with Crippen molar-refractivity contribution in [3.05, 3.63) is 17.2 Å².